The molecule has 0 aliphatic carbocycles. The highest BCUT2D eigenvalue weighted by Crippen LogP contribution is 2.26. The number of carbonyl (C=O) groups is 1. The maximum Gasteiger partial charge on any atom is 0.272 e. The van der Waals surface area contributed by atoms with Gasteiger partial charge in [0, 0.05) is 6.54 Å². The molecular weight excluding hydrogens is 496 g/mol. The summed E-state index contributed by atoms with van der Waals surface area (Å²) >= 11 is 8.20. The number of hydrogen-bond donors (Lipinski definition) is 1. The van der Waals surface area contributed by atoms with Crippen LogP contribution in [0.3, 0.4) is 0 Å². The number of rotatable bonds is 8. The summed E-state index contributed by atoms with van der Waals surface area (Å²) in [6.45, 7) is 1.69. The van der Waals surface area contributed by atoms with Crippen molar-refractivity contribution in [3.05, 3.63) is 58.3 Å². The minimum absolute atomic E-state index is 0.0299. The van der Waals surface area contributed by atoms with E-state index in [4.69, 9.17) is 16.1 Å². The molecule has 10 nitrogen and oxygen atoms in total. The van der Waals surface area contributed by atoms with E-state index in [0.717, 1.165) is 20.5 Å². The largest absolute Gasteiger partial charge is 0.337 e. The van der Waals surface area contributed by atoms with Gasteiger partial charge in [0.1, 0.15) is 0 Å². The van der Waals surface area contributed by atoms with Crippen LogP contribution in [-0.4, -0.2) is 45.5 Å². The average molecular weight is 511 g/mol. The normalized spacial score (nSPS) is 11.7. The molecule has 0 radical (unpaired) electrons. The van der Waals surface area contributed by atoms with Crippen LogP contribution in [0.15, 0.2) is 50.6 Å². The minimum Gasteiger partial charge on any atom is -0.337 e. The second-order valence-electron chi connectivity index (χ2n) is 6.23. The Morgan fingerprint density at radius 1 is 1.22 bits per heavy atom. The third-order valence-electron chi connectivity index (χ3n) is 4.18. The summed E-state index contributed by atoms with van der Waals surface area (Å²) in [5.41, 5.74) is 0.238. The molecule has 166 valence electrons. The number of hydrogen-bond acceptors (Lipinski definition) is 10. The van der Waals surface area contributed by atoms with Gasteiger partial charge >= 0.3 is 0 Å². The van der Waals surface area contributed by atoms with Crippen molar-refractivity contribution in [1.82, 2.24) is 24.6 Å². The van der Waals surface area contributed by atoms with Gasteiger partial charge in [0.05, 0.1) is 22.0 Å². The second kappa shape index (κ2) is 9.42. The second-order valence-corrected chi connectivity index (χ2v) is 10.7. The van der Waals surface area contributed by atoms with E-state index in [9.17, 15) is 13.2 Å². The topological polar surface area (TPSA) is 131 Å². The van der Waals surface area contributed by atoms with Crippen molar-refractivity contribution in [1.29, 1.82) is 0 Å². The van der Waals surface area contributed by atoms with E-state index in [1.165, 1.54) is 11.3 Å². The van der Waals surface area contributed by atoms with Gasteiger partial charge in [-0.1, -0.05) is 53.2 Å². The van der Waals surface area contributed by atoms with E-state index >= 15 is 0 Å². The molecular formula is C18H15ClN6O4S3. The minimum atomic E-state index is -4.01. The van der Waals surface area contributed by atoms with Gasteiger partial charge in [0.15, 0.2) is 0 Å². The number of anilines is 1. The lowest BCUT2D eigenvalue weighted by Gasteiger charge is -2.15. The standard InChI is InChI=1S/C18H15ClN6O4S3/c1-2-25(10-14-20-15(24-29-14)13-8-5-9-30-13)32(27,28)18-23-22-17(31-18)21-16(26)11-6-3-4-7-12(11)19/h3-9H,2,10H2,1H3,(H,21,22,26). The van der Waals surface area contributed by atoms with E-state index in [1.807, 2.05) is 17.5 Å². The number of thiophene rings is 1. The number of carbonyl (C=O) groups excluding carboxylic acids is 1. The number of sulfonamides is 1. The Bertz CT molecular complexity index is 1340. The highest BCUT2D eigenvalue weighted by atomic mass is 35.5. The number of benzene rings is 1. The molecule has 14 heteroatoms. The van der Waals surface area contributed by atoms with E-state index in [1.54, 1.807) is 31.2 Å². The van der Waals surface area contributed by atoms with Gasteiger partial charge in [-0.05, 0) is 23.6 Å². The zero-order valence-corrected chi connectivity index (χ0v) is 19.6. The van der Waals surface area contributed by atoms with Crippen molar-refractivity contribution < 1.29 is 17.7 Å². The lowest BCUT2D eigenvalue weighted by atomic mass is 10.2. The van der Waals surface area contributed by atoms with Crippen LogP contribution in [0, 0.1) is 0 Å². The lowest BCUT2D eigenvalue weighted by Crippen LogP contribution is -2.30. The van der Waals surface area contributed by atoms with Gasteiger partial charge in [0.25, 0.3) is 15.9 Å². The lowest BCUT2D eigenvalue weighted by molar-refractivity contribution is 0.102. The van der Waals surface area contributed by atoms with Gasteiger partial charge < -0.3 is 4.52 Å². The van der Waals surface area contributed by atoms with Crippen molar-refractivity contribution in [3.63, 3.8) is 0 Å². The Morgan fingerprint density at radius 2 is 2.03 bits per heavy atom. The van der Waals surface area contributed by atoms with Crippen molar-refractivity contribution in [2.75, 3.05) is 11.9 Å². The summed E-state index contributed by atoms with van der Waals surface area (Å²) < 4.78 is 32.2. The predicted octanol–water partition coefficient (Wildman–Crippen LogP) is 3.77. The van der Waals surface area contributed by atoms with E-state index in [2.05, 4.69) is 25.7 Å². The van der Waals surface area contributed by atoms with Crippen LogP contribution in [-0.2, 0) is 16.6 Å². The van der Waals surface area contributed by atoms with Crippen molar-refractivity contribution in [2.24, 2.45) is 0 Å². The molecule has 0 spiro atoms. The molecule has 0 fully saturated rings. The summed E-state index contributed by atoms with van der Waals surface area (Å²) in [5, 5.41) is 16.1. The fourth-order valence-corrected chi connectivity index (χ4v) is 5.93. The van der Waals surface area contributed by atoms with Crippen LogP contribution in [0.25, 0.3) is 10.7 Å². The smallest absolute Gasteiger partial charge is 0.272 e. The molecule has 1 N–H and O–H groups in total. The van der Waals surface area contributed by atoms with Crippen LogP contribution in [0.4, 0.5) is 5.13 Å². The van der Waals surface area contributed by atoms with Crippen LogP contribution in [0.5, 0.6) is 0 Å². The van der Waals surface area contributed by atoms with Gasteiger partial charge in [-0.25, -0.2) is 8.42 Å². The molecule has 32 heavy (non-hydrogen) atoms. The first kappa shape index (κ1) is 22.5. The van der Waals surface area contributed by atoms with Crippen LogP contribution >= 0.6 is 34.3 Å². The molecule has 1 aromatic carbocycles. The van der Waals surface area contributed by atoms with Crippen molar-refractivity contribution >= 4 is 55.3 Å². The molecule has 0 aliphatic rings. The molecule has 0 unspecified atom stereocenters. The summed E-state index contributed by atoms with van der Waals surface area (Å²) in [4.78, 5) is 17.5. The summed E-state index contributed by atoms with van der Waals surface area (Å²) in [6.07, 6.45) is 0. The predicted molar refractivity (Wildman–Crippen MR) is 120 cm³/mol. The van der Waals surface area contributed by atoms with Crippen LogP contribution in [0.2, 0.25) is 5.02 Å². The fraction of sp³-hybridized carbons (Fsp3) is 0.167. The number of nitrogens with zero attached hydrogens (tertiary/aromatic N) is 5. The zero-order valence-electron chi connectivity index (χ0n) is 16.4. The highest BCUT2D eigenvalue weighted by Gasteiger charge is 2.30. The van der Waals surface area contributed by atoms with Crippen molar-refractivity contribution in [3.8, 4) is 10.7 Å². The summed E-state index contributed by atoms with van der Waals surface area (Å²) in [5.74, 6) is 0.0227. The van der Waals surface area contributed by atoms with Gasteiger partial charge in [-0.3, -0.25) is 10.1 Å². The molecule has 1 amide bonds. The first-order valence-corrected chi connectivity index (χ1v) is 12.7. The SMILES string of the molecule is CCN(Cc1nc(-c2cccs2)no1)S(=O)(=O)c1nnc(NC(=O)c2ccccc2Cl)s1. The Balaban J connectivity index is 1.49. The number of nitrogens with one attached hydrogen (secondary N) is 1. The quantitative estimate of drug-likeness (QED) is 0.354. The molecule has 0 atom stereocenters. The molecule has 0 aliphatic heterocycles. The zero-order chi connectivity index (χ0) is 22.7. The van der Waals surface area contributed by atoms with Gasteiger partial charge in [-0.15, -0.1) is 21.5 Å². The number of halogens is 1. The Morgan fingerprint density at radius 3 is 2.75 bits per heavy atom. The number of amides is 1. The molecule has 3 heterocycles. The Hall–Kier alpha value is -2.71. The molecule has 4 rings (SSSR count). The monoisotopic (exact) mass is 510 g/mol. The van der Waals surface area contributed by atoms with Crippen molar-refractivity contribution in [2.45, 2.75) is 17.8 Å². The summed E-state index contributed by atoms with van der Waals surface area (Å²) in [6, 6.07) is 10.2. The first-order valence-electron chi connectivity index (χ1n) is 9.14. The van der Waals surface area contributed by atoms with Gasteiger partial charge in [-0.2, -0.15) is 9.29 Å². The molecule has 0 saturated heterocycles. The highest BCUT2D eigenvalue weighted by molar-refractivity contribution is 7.91. The third kappa shape index (κ3) is 4.71. The molecule has 0 saturated carbocycles. The van der Waals surface area contributed by atoms with Gasteiger partial charge in [0.2, 0.25) is 21.2 Å². The molecule has 0 bridgehead atoms. The average Bonchev–Trinajstić information content (AvgIpc) is 3.53. The maximum atomic E-state index is 13.0. The molecule has 3 aromatic heterocycles. The Kier molecular flexibility index (Phi) is 6.62. The fourth-order valence-electron chi connectivity index (χ4n) is 2.63. The first-order chi connectivity index (χ1) is 15.4. The Labute approximate surface area is 195 Å². The summed E-state index contributed by atoms with van der Waals surface area (Å²) in [7, 11) is -4.01. The van der Waals surface area contributed by atoms with Crippen LogP contribution < -0.4 is 5.32 Å². The third-order valence-corrected chi connectivity index (χ3v) is 8.48. The maximum absolute atomic E-state index is 13.0. The van der Waals surface area contributed by atoms with E-state index < -0.39 is 15.9 Å². The van der Waals surface area contributed by atoms with E-state index in [0.29, 0.717) is 5.82 Å². The van der Waals surface area contributed by atoms with Crippen LogP contribution in [0.1, 0.15) is 23.2 Å². The van der Waals surface area contributed by atoms with E-state index in [-0.39, 0.29) is 39.0 Å². The molecule has 4 aromatic rings. The number of aromatic nitrogens is 4.